The molecule has 0 atom stereocenters. The van der Waals surface area contributed by atoms with Crippen LogP contribution in [-0.4, -0.2) is 23.7 Å². The van der Waals surface area contributed by atoms with Crippen LogP contribution in [0.5, 0.6) is 0 Å². The van der Waals surface area contributed by atoms with E-state index in [1.807, 2.05) is 0 Å². The Morgan fingerprint density at radius 3 is 2.44 bits per heavy atom. The minimum absolute atomic E-state index is 0.211. The summed E-state index contributed by atoms with van der Waals surface area (Å²) < 4.78 is 3.96. The summed E-state index contributed by atoms with van der Waals surface area (Å²) >= 11 is 0. The second-order valence-electron chi connectivity index (χ2n) is 1.45. The molecular formula is C5H8O4. The van der Waals surface area contributed by atoms with Crippen molar-refractivity contribution in [2.24, 2.45) is 0 Å². The standard InChI is InChI=1S/C5H8O4/c1-2-4(6)3-9-5(7)8/h2-3H2,1H3,(H,7,8). The lowest BCUT2D eigenvalue weighted by atomic mass is 10.3. The van der Waals surface area contributed by atoms with Crippen LogP contribution in [0.2, 0.25) is 0 Å². The first-order valence-electron chi connectivity index (χ1n) is 2.54. The Morgan fingerprint density at radius 1 is 1.56 bits per heavy atom. The lowest BCUT2D eigenvalue weighted by molar-refractivity contribution is -0.122. The van der Waals surface area contributed by atoms with Crippen LogP contribution in [0.3, 0.4) is 0 Å². The maximum absolute atomic E-state index is 10.3. The summed E-state index contributed by atoms with van der Waals surface area (Å²) in [6, 6.07) is 0. The fourth-order valence-corrected chi connectivity index (χ4v) is 0.244. The first kappa shape index (κ1) is 7.94. The molecule has 0 aliphatic rings. The average Bonchev–Trinajstić information content (AvgIpc) is 1.83. The molecule has 0 aliphatic heterocycles. The van der Waals surface area contributed by atoms with Gasteiger partial charge in [0.25, 0.3) is 0 Å². The van der Waals surface area contributed by atoms with Crippen molar-refractivity contribution in [3.63, 3.8) is 0 Å². The summed E-state index contributed by atoms with van der Waals surface area (Å²) in [5.74, 6) is -0.211. The van der Waals surface area contributed by atoms with Gasteiger partial charge in [0.05, 0.1) is 0 Å². The Balaban J connectivity index is 3.28. The molecule has 0 heterocycles. The van der Waals surface area contributed by atoms with Gasteiger partial charge in [0.1, 0.15) is 0 Å². The number of ether oxygens (including phenoxy) is 1. The van der Waals surface area contributed by atoms with E-state index in [0.29, 0.717) is 6.42 Å². The Bertz CT molecular complexity index is 118. The second kappa shape index (κ2) is 3.88. The largest absolute Gasteiger partial charge is 0.506 e. The van der Waals surface area contributed by atoms with Crippen LogP contribution in [0.4, 0.5) is 4.79 Å². The summed E-state index contributed by atoms with van der Waals surface area (Å²) in [4.78, 5) is 20.0. The van der Waals surface area contributed by atoms with E-state index in [1.54, 1.807) is 6.92 Å². The Kier molecular flexibility index (Phi) is 3.43. The van der Waals surface area contributed by atoms with Crippen molar-refractivity contribution in [2.75, 3.05) is 6.61 Å². The summed E-state index contributed by atoms with van der Waals surface area (Å²) in [6.45, 7) is 1.32. The predicted octanol–water partition coefficient (Wildman–Crippen LogP) is 0.660. The van der Waals surface area contributed by atoms with Crippen molar-refractivity contribution in [1.82, 2.24) is 0 Å². The van der Waals surface area contributed by atoms with Gasteiger partial charge >= 0.3 is 6.16 Å². The van der Waals surface area contributed by atoms with Crippen LogP contribution in [0.25, 0.3) is 0 Å². The number of ketones is 1. The highest BCUT2D eigenvalue weighted by atomic mass is 16.7. The molecule has 0 aromatic carbocycles. The molecule has 1 N–H and O–H groups in total. The minimum atomic E-state index is -1.41. The third-order valence-electron chi connectivity index (χ3n) is 0.751. The van der Waals surface area contributed by atoms with Crippen LogP contribution in [0.1, 0.15) is 13.3 Å². The quantitative estimate of drug-likeness (QED) is 0.573. The van der Waals surface area contributed by atoms with Gasteiger partial charge in [-0.05, 0) is 0 Å². The number of carbonyl (C=O) groups excluding carboxylic acids is 1. The molecule has 0 amide bonds. The number of rotatable bonds is 3. The normalized spacial score (nSPS) is 8.56. The topological polar surface area (TPSA) is 63.6 Å². The second-order valence-corrected chi connectivity index (χ2v) is 1.45. The monoisotopic (exact) mass is 132 g/mol. The summed E-state index contributed by atoms with van der Waals surface area (Å²) in [6.07, 6.45) is -1.09. The van der Waals surface area contributed by atoms with E-state index in [-0.39, 0.29) is 12.4 Å². The summed E-state index contributed by atoms with van der Waals surface area (Å²) in [5.41, 5.74) is 0. The molecule has 4 nitrogen and oxygen atoms in total. The smallest absolute Gasteiger partial charge is 0.450 e. The van der Waals surface area contributed by atoms with Gasteiger partial charge in [0, 0.05) is 6.42 Å². The third-order valence-corrected chi connectivity index (χ3v) is 0.751. The van der Waals surface area contributed by atoms with Gasteiger partial charge in [0.15, 0.2) is 12.4 Å². The van der Waals surface area contributed by atoms with Crippen molar-refractivity contribution in [2.45, 2.75) is 13.3 Å². The van der Waals surface area contributed by atoms with Gasteiger partial charge in [-0.25, -0.2) is 4.79 Å². The lowest BCUT2D eigenvalue weighted by Crippen LogP contribution is -2.10. The van der Waals surface area contributed by atoms with Crippen LogP contribution in [-0.2, 0) is 9.53 Å². The molecule has 0 spiro atoms. The van der Waals surface area contributed by atoms with Crippen molar-refractivity contribution in [3.05, 3.63) is 0 Å². The molecule has 0 aromatic rings. The Morgan fingerprint density at radius 2 is 2.11 bits per heavy atom. The average molecular weight is 132 g/mol. The maximum Gasteiger partial charge on any atom is 0.506 e. The minimum Gasteiger partial charge on any atom is -0.450 e. The molecule has 9 heavy (non-hydrogen) atoms. The SMILES string of the molecule is CCC(=O)COC(=O)O. The Hall–Kier alpha value is -1.06. The molecule has 0 fully saturated rings. The molecule has 0 aliphatic carbocycles. The molecule has 52 valence electrons. The number of Topliss-reactive ketones (excluding diaryl/α,β-unsaturated/α-hetero) is 1. The summed E-state index contributed by atoms with van der Waals surface area (Å²) in [7, 11) is 0. The molecule has 0 saturated carbocycles. The molecule has 0 radical (unpaired) electrons. The molecule has 0 saturated heterocycles. The first-order chi connectivity index (χ1) is 4.16. The van der Waals surface area contributed by atoms with Crippen molar-refractivity contribution in [3.8, 4) is 0 Å². The van der Waals surface area contributed by atoms with Gasteiger partial charge in [-0.1, -0.05) is 6.92 Å². The number of hydrogen-bond acceptors (Lipinski definition) is 3. The molecule has 0 aromatic heterocycles. The van der Waals surface area contributed by atoms with Crippen LogP contribution in [0.15, 0.2) is 0 Å². The van der Waals surface area contributed by atoms with E-state index >= 15 is 0 Å². The van der Waals surface area contributed by atoms with E-state index in [4.69, 9.17) is 5.11 Å². The molecule has 4 heteroatoms. The van der Waals surface area contributed by atoms with Gasteiger partial charge in [-0.2, -0.15) is 0 Å². The van der Waals surface area contributed by atoms with Crippen molar-refractivity contribution in [1.29, 1.82) is 0 Å². The number of carboxylic acid groups (broad SMARTS) is 1. The van der Waals surface area contributed by atoms with Crippen molar-refractivity contribution >= 4 is 11.9 Å². The highest BCUT2D eigenvalue weighted by Crippen LogP contribution is 1.82. The zero-order valence-corrected chi connectivity index (χ0v) is 5.09. The van der Waals surface area contributed by atoms with E-state index in [1.165, 1.54) is 0 Å². The highest BCUT2D eigenvalue weighted by molar-refractivity contribution is 5.80. The molecule has 0 bridgehead atoms. The zero-order valence-electron chi connectivity index (χ0n) is 5.09. The fraction of sp³-hybridized carbons (Fsp3) is 0.600. The van der Waals surface area contributed by atoms with Crippen LogP contribution < -0.4 is 0 Å². The highest BCUT2D eigenvalue weighted by Gasteiger charge is 2.00. The number of carbonyl (C=O) groups is 2. The molecule has 0 unspecified atom stereocenters. The van der Waals surface area contributed by atoms with Crippen LogP contribution in [0, 0.1) is 0 Å². The summed E-state index contributed by atoms with van der Waals surface area (Å²) in [5, 5.41) is 7.88. The molecular weight excluding hydrogens is 124 g/mol. The van der Waals surface area contributed by atoms with Crippen molar-refractivity contribution < 1.29 is 19.4 Å². The first-order valence-corrected chi connectivity index (χ1v) is 2.54. The molecule has 0 rings (SSSR count). The third kappa shape index (κ3) is 4.80. The van der Waals surface area contributed by atoms with Gasteiger partial charge in [-0.3, -0.25) is 4.79 Å². The van der Waals surface area contributed by atoms with Gasteiger partial charge in [0.2, 0.25) is 0 Å². The van der Waals surface area contributed by atoms with E-state index < -0.39 is 6.16 Å². The zero-order chi connectivity index (χ0) is 7.28. The van der Waals surface area contributed by atoms with Crippen LogP contribution >= 0.6 is 0 Å². The fourth-order valence-electron chi connectivity index (χ4n) is 0.244. The lowest BCUT2D eigenvalue weighted by Gasteiger charge is -1.94. The van der Waals surface area contributed by atoms with E-state index in [0.717, 1.165) is 0 Å². The van der Waals surface area contributed by atoms with E-state index in [2.05, 4.69) is 4.74 Å². The predicted molar refractivity (Wildman–Crippen MR) is 29.3 cm³/mol. The maximum atomic E-state index is 10.3. The van der Waals surface area contributed by atoms with Gasteiger partial charge in [-0.15, -0.1) is 0 Å². The van der Waals surface area contributed by atoms with E-state index in [9.17, 15) is 9.59 Å². The number of hydrogen-bond donors (Lipinski definition) is 1. The Labute approximate surface area is 52.4 Å². The van der Waals surface area contributed by atoms with Gasteiger partial charge < -0.3 is 9.84 Å².